The number of amides is 1. The Hall–Kier alpha value is -4.51. The molecule has 0 aliphatic carbocycles. The summed E-state index contributed by atoms with van der Waals surface area (Å²) in [6.07, 6.45) is 0. The lowest BCUT2D eigenvalue weighted by Crippen LogP contribution is -2.30. The first kappa shape index (κ1) is 30.9. The first-order valence-electron chi connectivity index (χ1n) is 13.5. The van der Waals surface area contributed by atoms with Crippen LogP contribution >= 0.6 is 22.9 Å². The number of Topliss-reactive ketones (excluding diaryl/α,β-unsaturated/α-hetero) is 1. The molecule has 0 bridgehead atoms. The summed E-state index contributed by atoms with van der Waals surface area (Å²) in [5, 5.41) is 5.37. The van der Waals surface area contributed by atoms with Crippen molar-refractivity contribution in [2.75, 3.05) is 34.0 Å². The molecule has 8 nitrogen and oxygen atoms in total. The van der Waals surface area contributed by atoms with Crippen LogP contribution in [-0.4, -0.2) is 50.7 Å². The zero-order valence-electron chi connectivity index (χ0n) is 23.9. The maximum atomic E-state index is 14.2. The standard InChI is InChI=1S/C33H28ClFN2O6S/c1-40-23-9-6-20(7-10-23)18-42-12-13-43-30-11-8-21(14-31(30)41-2)33(39)36-17-29(38)28-16-22(34)15-27(37-28)25-19-44-32-24(25)4-3-5-26(32)35/h3-11,14-16,19H,12-13,17-18H2,1-2H3,(H,36,39). The summed E-state index contributed by atoms with van der Waals surface area (Å²) in [5.41, 5.74) is 2.48. The molecule has 0 aliphatic heterocycles. The van der Waals surface area contributed by atoms with Gasteiger partial charge in [0.25, 0.3) is 5.91 Å². The fourth-order valence-corrected chi connectivity index (χ4v) is 5.58. The monoisotopic (exact) mass is 634 g/mol. The molecule has 5 aromatic rings. The number of hydrogen-bond acceptors (Lipinski definition) is 8. The van der Waals surface area contributed by atoms with Gasteiger partial charge in [0, 0.05) is 26.9 Å². The van der Waals surface area contributed by atoms with Crippen LogP contribution in [0.15, 0.2) is 78.2 Å². The second-order valence-corrected chi connectivity index (χ2v) is 10.9. The van der Waals surface area contributed by atoms with Gasteiger partial charge in [-0.2, -0.15) is 0 Å². The fourth-order valence-electron chi connectivity index (χ4n) is 4.40. The van der Waals surface area contributed by atoms with Crippen LogP contribution in [0.4, 0.5) is 4.39 Å². The summed E-state index contributed by atoms with van der Waals surface area (Å²) in [7, 11) is 3.09. The van der Waals surface area contributed by atoms with E-state index in [-0.39, 0.29) is 30.2 Å². The van der Waals surface area contributed by atoms with Crippen LogP contribution < -0.4 is 19.5 Å². The molecule has 0 saturated carbocycles. The van der Waals surface area contributed by atoms with Crippen LogP contribution in [0.1, 0.15) is 26.4 Å². The van der Waals surface area contributed by atoms with Crippen LogP contribution in [-0.2, 0) is 11.3 Å². The third kappa shape index (κ3) is 7.34. The molecule has 11 heteroatoms. The van der Waals surface area contributed by atoms with E-state index in [9.17, 15) is 14.0 Å². The molecule has 5 rings (SSSR count). The molecule has 1 N–H and O–H groups in total. The van der Waals surface area contributed by atoms with Crippen LogP contribution in [0.2, 0.25) is 5.02 Å². The molecule has 0 unspecified atom stereocenters. The smallest absolute Gasteiger partial charge is 0.251 e. The number of pyridine rings is 1. The minimum Gasteiger partial charge on any atom is -0.497 e. The van der Waals surface area contributed by atoms with Crippen molar-refractivity contribution in [3.63, 3.8) is 0 Å². The maximum Gasteiger partial charge on any atom is 0.251 e. The van der Waals surface area contributed by atoms with E-state index in [0.29, 0.717) is 51.1 Å². The Balaban J connectivity index is 1.16. The zero-order chi connectivity index (χ0) is 31.1. The number of benzene rings is 3. The van der Waals surface area contributed by atoms with Crippen LogP contribution in [0.25, 0.3) is 21.3 Å². The van der Waals surface area contributed by atoms with Gasteiger partial charge in [-0.15, -0.1) is 11.3 Å². The van der Waals surface area contributed by atoms with Gasteiger partial charge < -0.3 is 24.3 Å². The number of halogens is 2. The first-order valence-corrected chi connectivity index (χ1v) is 14.8. The summed E-state index contributed by atoms with van der Waals surface area (Å²) >= 11 is 7.55. The number of thiophene rings is 1. The van der Waals surface area contributed by atoms with E-state index >= 15 is 0 Å². The number of nitrogens with zero attached hydrogens (tertiary/aromatic N) is 1. The number of hydrogen-bond donors (Lipinski definition) is 1. The highest BCUT2D eigenvalue weighted by Crippen LogP contribution is 2.35. The fraction of sp³-hybridized carbons (Fsp3) is 0.182. The lowest BCUT2D eigenvalue weighted by Gasteiger charge is -2.13. The molecule has 2 aromatic heterocycles. The number of rotatable bonds is 13. The average Bonchev–Trinajstić information content (AvgIpc) is 3.49. The number of carbonyl (C=O) groups is 2. The lowest BCUT2D eigenvalue weighted by atomic mass is 10.1. The molecule has 0 aliphatic rings. The molecule has 226 valence electrons. The number of carbonyl (C=O) groups excluding carboxylic acids is 2. The molecule has 1 amide bonds. The van der Waals surface area contributed by atoms with Gasteiger partial charge >= 0.3 is 0 Å². The van der Waals surface area contributed by atoms with E-state index in [1.54, 1.807) is 42.8 Å². The Labute approximate surface area is 262 Å². The van der Waals surface area contributed by atoms with E-state index in [1.807, 2.05) is 24.3 Å². The molecular formula is C33H28ClFN2O6S. The van der Waals surface area contributed by atoms with E-state index in [4.69, 9.17) is 30.5 Å². The topological polar surface area (TPSA) is 96.0 Å². The molecular weight excluding hydrogens is 607 g/mol. The van der Waals surface area contributed by atoms with E-state index < -0.39 is 11.7 Å². The molecule has 0 atom stereocenters. The Bertz CT molecular complexity index is 1790. The Kier molecular flexibility index (Phi) is 10.1. The molecule has 0 radical (unpaired) electrons. The highest BCUT2D eigenvalue weighted by molar-refractivity contribution is 7.17. The number of aromatic nitrogens is 1. The van der Waals surface area contributed by atoms with Crippen molar-refractivity contribution in [1.82, 2.24) is 10.3 Å². The lowest BCUT2D eigenvalue weighted by molar-refractivity contribution is 0.0877. The minimum atomic E-state index is -0.479. The van der Waals surface area contributed by atoms with Gasteiger partial charge in [-0.25, -0.2) is 9.37 Å². The van der Waals surface area contributed by atoms with Crippen molar-refractivity contribution < 1.29 is 32.9 Å². The number of nitrogens with one attached hydrogen (secondary N) is 1. The van der Waals surface area contributed by atoms with Crippen molar-refractivity contribution in [3.05, 3.63) is 106 Å². The van der Waals surface area contributed by atoms with Gasteiger partial charge in [-0.05, 0) is 54.1 Å². The summed E-state index contributed by atoms with van der Waals surface area (Å²) in [4.78, 5) is 30.3. The van der Waals surface area contributed by atoms with E-state index in [1.165, 1.54) is 36.6 Å². The van der Waals surface area contributed by atoms with E-state index in [2.05, 4.69) is 10.3 Å². The molecule has 44 heavy (non-hydrogen) atoms. The van der Waals surface area contributed by atoms with Gasteiger partial charge in [0.1, 0.15) is 23.9 Å². The van der Waals surface area contributed by atoms with Crippen molar-refractivity contribution >= 4 is 44.7 Å². The van der Waals surface area contributed by atoms with Crippen molar-refractivity contribution in [2.24, 2.45) is 0 Å². The maximum absolute atomic E-state index is 14.2. The normalized spacial score (nSPS) is 10.9. The third-order valence-corrected chi connectivity index (χ3v) is 7.87. The Morgan fingerprint density at radius 3 is 2.55 bits per heavy atom. The second-order valence-electron chi connectivity index (χ2n) is 9.54. The molecule has 2 heterocycles. The van der Waals surface area contributed by atoms with Gasteiger partial charge in [-0.1, -0.05) is 35.9 Å². The van der Waals surface area contributed by atoms with Crippen molar-refractivity contribution in [3.8, 4) is 28.5 Å². The van der Waals surface area contributed by atoms with Gasteiger partial charge in [-0.3, -0.25) is 9.59 Å². The Morgan fingerprint density at radius 1 is 0.955 bits per heavy atom. The van der Waals surface area contributed by atoms with Crippen molar-refractivity contribution in [2.45, 2.75) is 6.61 Å². The largest absolute Gasteiger partial charge is 0.497 e. The second kappa shape index (κ2) is 14.3. The number of methoxy groups -OCH3 is 2. The van der Waals surface area contributed by atoms with Gasteiger partial charge in [0.15, 0.2) is 17.3 Å². The van der Waals surface area contributed by atoms with Gasteiger partial charge in [0.05, 0.1) is 44.4 Å². The molecule has 0 spiro atoms. The first-order chi connectivity index (χ1) is 21.4. The van der Waals surface area contributed by atoms with Crippen LogP contribution in [0.5, 0.6) is 17.2 Å². The number of fused-ring (bicyclic) bond motifs is 1. The molecule has 0 saturated heterocycles. The van der Waals surface area contributed by atoms with E-state index in [0.717, 1.165) is 11.3 Å². The predicted octanol–water partition coefficient (Wildman–Crippen LogP) is 6.98. The number of ketones is 1. The summed E-state index contributed by atoms with van der Waals surface area (Å²) in [5.74, 6) is 0.347. The predicted molar refractivity (Wildman–Crippen MR) is 168 cm³/mol. The van der Waals surface area contributed by atoms with Crippen LogP contribution in [0, 0.1) is 5.82 Å². The molecule has 0 fully saturated rings. The SMILES string of the molecule is COc1ccc(COCCOc2ccc(C(=O)NCC(=O)c3cc(Cl)cc(-c4csc5c(F)cccc45)n3)cc2OC)cc1. The zero-order valence-corrected chi connectivity index (χ0v) is 25.5. The van der Waals surface area contributed by atoms with Crippen molar-refractivity contribution in [1.29, 1.82) is 0 Å². The third-order valence-electron chi connectivity index (χ3n) is 6.65. The summed E-state index contributed by atoms with van der Waals surface area (Å²) in [6.45, 7) is 0.742. The quantitative estimate of drug-likeness (QED) is 0.110. The van der Waals surface area contributed by atoms with Crippen LogP contribution in [0.3, 0.4) is 0 Å². The Morgan fingerprint density at radius 2 is 1.77 bits per heavy atom. The minimum absolute atomic E-state index is 0.0825. The summed E-state index contributed by atoms with van der Waals surface area (Å²) < 4.78 is 36.7. The molecule has 3 aromatic carbocycles. The highest BCUT2D eigenvalue weighted by atomic mass is 35.5. The average molecular weight is 635 g/mol. The summed E-state index contributed by atoms with van der Waals surface area (Å²) in [6, 6.07) is 20.2. The number of ether oxygens (including phenoxy) is 4. The highest BCUT2D eigenvalue weighted by Gasteiger charge is 2.17. The van der Waals surface area contributed by atoms with Gasteiger partial charge in [0.2, 0.25) is 0 Å².